The highest BCUT2D eigenvalue weighted by Crippen LogP contribution is 2.16. The van der Waals surface area contributed by atoms with E-state index < -0.39 is 17.1 Å². The number of nitrogens with zero attached hydrogens (tertiary/aromatic N) is 2. The molecule has 0 aliphatic heterocycles. The van der Waals surface area contributed by atoms with Crippen molar-refractivity contribution >= 4 is 17.0 Å². The van der Waals surface area contributed by atoms with Gasteiger partial charge in [0.05, 0.1) is 29.7 Å². The second-order valence-electron chi connectivity index (χ2n) is 6.35. The smallest absolute Gasteiger partial charge is 0.338 e. The van der Waals surface area contributed by atoms with E-state index in [0.717, 1.165) is 11.1 Å². The van der Waals surface area contributed by atoms with Gasteiger partial charge in [-0.15, -0.1) is 0 Å². The second kappa shape index (κ2) is 7.61. The number of fused-ring (bicyclic) bond motifs is 1. The largest absolute Gasteiger partial charge is 0.462 e. The first kappa shape index (κ1) is 18.6. The highest BCUT2D eigenvalue weighted by molar-refractivity contribution is 5.93. The van der Waals surface area contributed by atoms with E-state index in [1.165, 1.54) is 9.13 Å². The lowest BCUT2D eigenvalue weighted by atomic mass is 10.1. The zero-order valence-electron chi connectivity index (χ0n) is 15.7. The van der Waals surface area contributed by atoms with Gasteiger partial charge in [0.25, 0.3) is 0 Å². The van der Waals surface area contributed by atoms with Crippen LogP contribution in [0.2, 0.25) is 0 Å². The van der Waals surface area contributed by atoms with Gasteiger partial charge in [0.1, 0.15) is 0 Å². The standard InChI is InChI=1S/C21H22N2O4/c1-4-22-17-10-9-16(21(26)27-5-2)12-18(17)23(20(25)19(22)24)13-15-8-6-7-14(3)11-15/h6-12H,4-5,13H2,1-3H3. The Hall–Kier alpha value is -3.15. The molecule has 0 saturated carbocycles. The number of hydrogen-bond donors (Lipinski definition) is 0. The number of aryl methyl sites for hydroxylation is 2. The molecular weight excluding hydrogens is 344 g/mol. The van der Waals surface area contributed by atoms with E-state index in [2.05, 4.69) is 0 Å². The summed E-state index contributed by atoms with van der Waals surface area (Å²) in [5.41, 5.74) is 2.31. The number of benzene rings is 2. The molecule has 0 unspecified atom stereocenters. The van der Waals surface area contributed by atoms with Gasteiger partial charge in [-0.2, -0.15) is 0 Å². The van der Waals surface area contributed by atoms with Crippen LogP contribution in [-0.2, 0) is 17.8 Å². The molecule has 0 aliphatic carbocycles. The fourth-order valence-electron chi connectivity index (χ4n) is 3.22. The number of hydrogen-bond acceptors (Lipinski definition) is 4. The predicted molar refractivity (Wildman–Crippen MR) is 104 cm³/mol. The molecule has 3 aromatic rings. The van der Waals surface area contributed by atoms with E-state index >= 15 is 0 Å². The van der Waals surface area contributed by atoms with Crippen LogP contribution in [0.1, 0.15) is 35.3 Å². The maximum absolute atomic E-state index is 12.8. The van der Waals surface area contributed by atoms with Crippen LogP contribution in [0.4, 0.5) is 0 Å². The zero-order valence-corrected chi connectivity index (χ0v) is 15.7. The minimum atomic E-state index is -0.605. The molecule has 0 amide bonds. The summed E-state index contributed by atoms with van der Waals surface area (Å²) in [6.07, 6.45) is 0. The van der Waals surface area contributed by atoms with Crippen LogP contribution >= 0.6 is 0 Å². The summed E-state index contributed by atoms with van der Waals surface area (Å²) in [5.74, 6) is -0.455. The van der Waals surface area contributed by atoms with Crippen molar-refractivity contribution in [2.24, 2.45) is 0 Å². The van der Waals surface area contributed by atoms with Crippen LogP contribution in [0.15, 0.2) is 52.1 Å². The topological polar surface area (TPSA) is 70.3 Å². The summed E-state index contributed by atoms with van der Waals surface area (Å²) in [6, 6.07) is 12.7. The van der Waals surface area contributed by atoms with Crippen LogP contribution in [0.3, 0.4) is 0 Å². The molecule has 0 N–H and O–H groups in total. The van der Waals surface area contributed by atoms with Gasteiger partial charge in [-0.1, -0.05) is 29.8 Å². The summed E-state index contributed by atoms with van der Waals surface area (Å²) < 4.78 is 7.93. The Morgan fingerprint density at radius 1 is 0.963 bits per heavy atom. The molecule has 0 fully saturated rings. The minimum Gasteiger partial charge on any atom is -0.462 e. The Morgan fingerprint density at radius 3 is 2.37 bits per heavy atom. The van der Waals surface area contributed by atoms with Crippen molar-refractivity contribution in [3.63, 3.8) is 0 Å². The monoisotopic (exact) mass is 366 g/mol. The molecule has 2 aromatic carbocycles. The molecule has 0 aliphatic rings. The Kier molecular flexibility index (Phi) is 5.26. The molecular formula is C21H22N2O4. The van der Waals surface area contributed by atoms with Crippen LogP contribution in [0, 0.1) is 6.92 Å². The van der Waals surface area contributed by atoms with Crippen molar-refractivity contribution in [3.05, 3.63) is 79.9 Å². The van der Waals surface area contributed by atoms with Crippen molar-refractivity contribution in [2.45, 2.75) is 33.9 Å². The summed E-state index contributed by atoms with van der Waals surface area (Å²) in [6.45, 7) is 6.41. The average Bonchev–Trinajstić information content (AvgIpc) is 2.66. The molecule has 1 aromatic heterocycles. The van der Waals surface area contributed by atoms with E-state index in [9.17, 15) is 14.4 Å². The van der Waals surface area contributed by atoms with E-state index in [0.29, 0.717) is 23.1 Å². The molecule has 6 nitrogen and oxygen atoms in total. The van der Waals surface area contributed by atoms with Crippen LogP contribution < -0.4 is 11.1 Å². The van der Waals surface area contributed by atoms with Crippen molar-refractivity contribution in [1.29, 1.82) is 0 Å². The molecule has 0 spiro atoms. The lowest BCUT2D eigenvalue weighted by Gasteiger charge is -2.15. The van der Waals surface area contributed by atoms with Crippen LogP contribution in [0.25, 0.3) is 11.0 Å². The average molecular weight is 366 g/mol. The highest BCUT2D eigenvalue weighted by Gasteiger charge is 2.15. The summed E-state index contributed by atoms with van der Waals surface area (Å²) in [5, 5.41) is 0. The Bertz CT molecular complexity index is 1130. The van der Waals surface area contributed by atoms with Gasteiger partial charge in [0, 0.05) is 6.54 Å². The lowest BCUT2D eigenvalue weighted by molar-refractivity contribution is 0.0526. The van der Waals surface area contributed by atoms with Gasteiger partial charge in [-0.3, -0.25) is 14.2 Å². The van der Waals surface area contributed by atoms with Gasteiger partial charge in [0.15, 0.2) is 0 Å². The van der Waals surface area contributed by atoms with E-state index in [-0.39, 0.29) is 13.2 Å². The van der Waals surface area contributed by atoms with Gasteiger partial charge in [-0.25, -0.2) is 4.79 Å². The summed E-state index contributed by atoms with van der Waals surface area (Å²) in [4.78, 5) is 37.5. The second-order valence-corrected chi connectivity index (χ2v) is 6.35. The third kappa shape index (κ3) is 3.56. The maximum Gasteiger partial charge on any atom is 0.338 e. The van der Waals surface area contributed by atoms with Crippen molar-refractivity contribution in [3.8, 4) is 0 Å². The molecule has 27 heavy (non-hydrogen) atoms. The number of ether oxygens (including phenoxy) is 1. The molecule has 0 saturated heterocycles. The number of carbonyl (C=O) groups excluding carboxylic acids is 1. The quantitative estimate of drug-likeness (QED) is 0.514. The van der Waals surface area contributed by atoms with E-state index in [4.69, 9.17) is 4.74 Å². The Labute approximate surface area is 156 Å². The van der Waals surface area contributed by atoms with Gasteiger partial charge < -0.3 is 9.30 Å². The maximum atomic E-state index is 12.8. The number of aromatic nitrogens is 2. The number of esters is 1. The SMILES string of the molecule is CCOC(=O)c1ccc2c(c1)n(Cc1cccc(C)c1)c(=O)c(=O)n2CC. The number of rotatable bonds is 5. The first-order chi connectivity index (χ1) is 13.0. The van der Waals surface area contributed by atoms with E-state index in [1.54, 1.807) is 25.1 Å². The zero-order chi connectivity index (χ0) is 19.6. The van der Waals surface area contributed by atoms with Gasteiger partial charge >= 0.3 is 17.1 Å². The fourth-order valence-corrected chi connectivity index (χ4v) is 3.22. The Morgan fingerprint density at radius 2 is 1.70 bits per heavy atom. The van der Waals surface area contributed by atoms with Gasteiger partial charge in [-0.05, 0) is 44.5 Å². The summed E-state index contributed by atoms with van der Waals surface area (Å²) >= 11 is 0. The molecule has 0 bridgehead atoms. The molecule has 1 heterocycles. The fraction of sp³-hybridized carbons (Fsp3) is 0.286. The molecule has 6 heteroatoms. The minimum absolute atomic E-state index is 0.253. The van der Waals surface area contributed by atoms with Crippen molar-refractivity contribution in [2.75, 3.05) is 6.61 Å². The van der Waals surface area contributed by atoms with Crippen LogP contribution in [0.5, 0.6) is 0 Å². The lowest BCUT2D eigenvalue weighted by Crippen LogP contribution is -2.41. The van der Waals surface area contributed by atoms with Crippen molar-refractivity contribution in [1.82, 2.24) is 9.13 Å². The third-order valence-electron chi connectivity index (χ3n) is 4.48. The molecule has 0 radical (unpaired) electrons. The van der Waals surface area contributed by atoms with Crippen LogP contribution in [-0.4, -0.2) is 21.7 Å². The predicted octanol–water partition coefficient (Wildman–Crippen LogP) is 2.72. The normalized spacial score (nSPS) is 10.9. The van der Waals surface area contributed by atoms with Crippen molar-refractivity contribution < 1.29 is 9.53 Å². The van der Waals surface area contributed by atoms with Gasteiger partial charge in [0.2, 0.25) is 0 Å². The first-order valence-corrected chi connectivity index (χ1v) is 8.96. The Balaban J connectivity index is 2.27. The molecule has 0 atom stereocenters. The molecule has 3 rings (SSSR count). The third-order valence-corrected chi connectivity index (χ3v) is 4.48. The van der Waals surface area contributed by atoms with E-state index in [1.807, 2.05) is 38.1 Å². The highest BCUT2D eigenvalue weighted by atomic mass is 16.5. The summed E-state index contributed by atoms with van der Waals surface area (Å²) in [7, 11) is 0. The number of carbonyl (C=O) groups is 1. The first-order valence-electron chi connectivity index (χ1n) is 8.96. The molecule has 140 valence electrons.